The predicted octanol–water partition coefficient (Wildman–Crippen LogP) is 2.29. The number of benzene rings is 1. The highest BCUT2D eigenvalue weighted by molar-refractivity contribution is 5.68. The first kappa shape index (κ1) is 11.3. The number of nitrogens with zero attached hydrogens (tertiary/aromatic N) is 4. The molecule has 3 aromatic rings. The fourth-order valence-corrected chi connectivity index (χ4v) is 2.73. The summed E-state index contributed by atoms with van der Waals surface area (Å²) in [6.45, 7) is 1.78. The number of anilines is 2. The summed E-state index contributed by atoms with van der Waals surface area (Å²) in [6, 6.07) is 8.54. The molecule has 2 aromatic heterocycles. The maximum Gasteiger partial charge on any atom is 0.180 e. The molecule has 0 fully saturated rings. The Morgan fingerprint density at radius 3 is 2.60 bits per heavy atom. The first-order chi connectivity index (χ1) is 9.85. The Bertz CT molecular complexity index is 752. The molecule has 4 rings (SSSR count). The maximum atomic E-state index is 4.69. The molecular weight excluding hydrogens is 250 g/mol. The zero-order valence-electron chi connectivity index (χ0n) is 11.2. The molecule has 20 heavy (non-hydrogen) atoms. The van der Waals surface area contributed by atoms with Gasteiger partial charge in [-0.3, -0.25) is 0 Å². The fourth-order valence-electron chi connectivity index (χ4n) is 2.73. The number of rotatable bonds is 2. The van der Waals surface area contributed by atoms with Gasteiger partial charge >= 0.3 is 0 Å². The Labute approximate surface area is 116 Å². The zero-order valence-corrected chi connectivity index (χ0v) is 11.2. The minimum atomic E-state index is 0.849. The van der Waals surface area contributed by atoms with E-state index >= 15 is 0 Å². The average Bonchev–Trinajstić information content (AvgIpc) is 3.12. The Morgan fingerprint density at radius 1 is 1.15 bits per heavy atom. The largest absolute Gasteiger partial charge is 0.372 e. The number of nitrogens with one attached hydrogen (secondary N) is 1. The summed E-state index contributed by atoms with van der Waals surface area (Å²) in [5.74, 6) is 1.78. The standard InChI is InChI=1S/C15H15N5/c1-16-13-10-19-7-6-17-14(19)15(18-13)20-8-11-4-2-3-5-12(11)9-20/h2-7,10,16H,8-9H2,1H3. The molecule has 0 saturated carbocycles. The van der Waals surface area contributed by atoms with Gasteiger partial charge in [0.1, 0.15) is 5.82 Å². The summed E-state index contributed by atoms with van der Waals surface area (Å²) in [7, 11) is 1.88. The van der Waals surface area contributed by atoms with E-state index in [0.717, 1.165) is 30.4 Å². The molecule has 0 aliphatic carbocycles. The lowest BCUT2D eigenvalue weighted by atomic mass is 10.1. The molecule has 100 valence electrons. The summed E-state index contributed by atoms with van der Waals surface area (Å²) < 4.78 is 2.01. The molecule has 0 atom stereocenters. The van der Waals surface area contributed by atoms with Crippen molar-refractivity contribution < 1.29 is 0 Å². The third-order valence-electron chi connectivity index (χ3n) is 3.75. The van der Waals surface area contributed by atoms with Crippen LogP contribution in [0.2, 0.25) is 0 Å². The SMILES string of the molecule is CNc1cn2ccnc2c(N2Cc3ccccc3C2)n1. The van der Waals surface area contributed by atoms with Gasteiger partial charge in [0.15, 0.2) is 11.5 Å². The van der Waals surface area contributed by atoms with E-state index in [4.69, 9.17) is 0 Å². The van der Waals surface area contributed by atoms with Crippen molar-refractivity contribution in [2.45, 2.75) is 13.1 Å². The Balaban J connectivity index is 1.82. The summed E-state index contributed by atoms with van der Waals surface area (Å²) in [4.78, 5) is 11.4. The van der Waals surface area contributed by atoms with E-state index in [2.05, 4.69) is 44.5 Å². The zero-order chi connectivity index (χ0) is 13.5. The third-order valence-corrected chi connectivity index (χ3v) is 3.75. The van der Waals surface area contributed by atoms with Crippen LogP contribution in [-0.2, 0) is 13.1 Å². The number of imidazole rings is 1. The first-order valence-corrected chi connectivity index (χ1v) is 6.68. The van der Waals surface area contributed by atoms with Crippen LogP contribution in [0.25, 0.3) is 5.65 Å². The van der Waals surface area contributed by atoms with E-state index in [1.807, 2.05) is 30.0 Å². The van der Waals surface area contributed by atoms with Gasteiger partial charge < -0.3 is 14.6 Å². The molecule has 1 aromatic carbocycles. The average molecular weight is 265 g/mol. The van der Waals surface area contributed by atoms with Crippen molar-refractivity contribution in [1.82, 2.24) is 14.4 Å². The van der Waals surface area contributed by atoms with Gasteiger partial charge in [-0.05, 0) is 11.1 Å². The lowest BCUT2D eigenvalue weighted by Crippen LogP contribution is -2.18. The van der Waals surface area contributed by atoms with Crippen molar-refractivity contribution in [3.05, 3.63) is 54.0 Å². The van der Waals surface area contributed by atoms with Gasteiger partial charge in [0.25, 0.3) is 0 Å². The molecule has 1 N–H and O–H groups in total. The first-order valence-electron chi connectivity index (χ1n) is 6.68. The Kier molecular flexibility index (Phi) is 2.39. The lowest BCUT2D eigenvalue weighted by Gasteiger charge is -2.18. The summed E-state index contributed by atoms with van der Waals surface area (Å²) >= 11 is 0. The summed E-state index contributed by atoms with van der Waals surface area (Å²) in [5, 5.41) is 3.11. The van der Waals surface area contributed by atoms with Crippen molar-refractivity contribution in [2.24, 2.45) is 0 Å². The van der Waals surface area contributed by atoms with Crippen LogP contribution in [-0.4, -0.2) is 21.4 Å². The van der Waals surface area contributed by atoms with Crippen molar-refractivity contribution >= 4 is 17.3 Å². The Morgan fingerprint density at radius 2 is 1.90 bits per heavy atom. The monoisotopic (exact) mass is 265 g/mol. The van der Waals surface area contributed by atoms with Gasteiger partial charge in [-0.1, -0.05) is 24.3 Å². The van der Waals surface area contributed by atoms with Crippen LogP contribution >= 0.6 is 0 Å². The van der Waals surface area contributed by atoms with Crippen molar-refractivity contribution in [2.75, 3.05) is 17.3 Å². The second kappa shape index (κ2) is 4.23. The van der Waals surface area contributed by atoms with Crippen LogP contribution < -0.4 is 10.2 Å². The predicted molar refractivity (Wildman–Crippen MR) is 78.9 cm³/mol. The maximum absolute atomic E-state index is 4.69. The second-order valence-corrected chi connectivity index (χ2v) is 4.98. The molecule has 5 nitrogen and oxygen atoms in total. The number of fused-ring (bicyclic) bond motifs is 2. The smallest absolute Gasteiger partial charge is 0.180 e. The number of aromatic nitrogens is 3. The van der Waals surface area contributed by atoms with Gasteiger partial charge in [-0.2, -0.15) is 0 Å². The van der Waals surface area contributed by atoms with Crippen LogP contribution in [0.1, 0.15) is 11.1 Å². The minimum absolute atomic E-state index is 0.849. The molecule has 1 aliphatic heterocycles. The summed E-state index contributed by atoms with van der Waals surface area (Å²) in [6.07, 6.45) is 5.71. The molecular formula is C15H15N5. The number of hydrogen-bond donors (Lipinski definition) is 1. The van der Waals surface area contributed by atoms with Crippen molar-refractivity contribution in [3.63, 3.8) is 0 Å². The van der Waals surface area contributed by atoms with E-state index in [1.165, 1.54) is 11.1 Å². The molecule has 5 heteroatoms. The highest BCUT2D eigenvalue weighted by atomic mass is 15.2. The van der Waals surface area contributed by atoms with E-state index in [0.29, 0.717) is 0 Å². The molecule has 0 radical (unpaired) electrons. The molecule has 0 spiro atoms. The Hall–Kier alpha value is -2.56. The van der Waals surface area contributed by atoms with Crippen molar-refractivity contribution in [1.29, 1.82) is 0 Å². The van der Waals surface area contributed by atoms with Gasteiger partial charge in [0.05, 0.1) is 6.20 Å². The molecule has 0 unspecified atom stereocenters. The van der Waals surface area contributed by atoms with E-state index in [1.54, 1.807) is 0 Å². The van der Waals surface area contributed by atoms with Gasteiger partial charge in [-0.15, -0.1) is 0 Å². The highest BCUT2D eigenvalue weighted by Gasteiger charge is 2.22. The van der Waals surface area contributed by atoms with E-state index < -0.39 is 0 Å². The highest BCUT2D eigenvalue weighted by Crippen LogP contribution is 2.29. The van der Waals surface area contributed by atoms with Gasteiger partial charge in [-0.25, -0.2) is 9.97 Å². The van der Waals surface area contributed by atoms with Crippen LogP contribution in [0.3, 0.4) is 0 Å². The lowest BCUT2D eigenvalue weighted by molar-refractivity contribution is 0.853. The molecule has 0 saturated heterocycles. The molecule has 0 amide bonds. The second-order valence-electron chi connectivity index (χ2n) is 4.98. The molecule has 0 bridgehead atoms. The molecule has 1 aliphatic rings. The van der Waals surface area contributed by atoms with Crippen LogP contribution in [0.4, 0.5) is 11.6 Å². The van der Waals surface area contributed by atoms with E-state index in [9.17, 15) is 0 Å². The van der Waals surface area contributed by atoms with Crippen LogP contribution in [0.5, 0.6) is 0 Å². The van der Waals surface area contributed by atoms with Crippen LogP contribution in [0.15, 0.2) is 42.9 Å². The minimum Gasteiger partial charge on any atom is -0.372 e. The molecule has 3 heterocycles. The fraction of sp³-hybridized carbons (Fsp3) is 0.200. The topological polar surface area (TPSA) is 45.5 Å². The third kappa shape index (κ3) is 1.63. The normalized spacial score (nSPS) is 13.8. The van der Waals surface area contributed by atoms with Gasteiger partial charge in [0.2, 0.25) is 0 Å². The van der Waals surface area contributed by atoms with Gasteiger partial charge in [0, 0.05) is 32.5 Å². The quantitative estimate of drug-likeness (QED) is 0.772. The van der Waals surface area contributed by atoms with Crippen molar-refractivity contribution in [3.8, 4) is 0 Å². The summed E-state index contributed by atoms with van der Waals surface area (Å²) in [5.41, 5.74) is 3.64. The number of hydrogen-bond acceptors (Lipinski definition) is 4. The van der Waals surface area contributed by atoms with E-state index in [-0.39, 0.29) is 0 Å². The van der Waals surface area contributed by atoms with Crippen LogP contribution in [0, 0.1) is 0 Å².